The van der Waals surface area contributed by atoms with Crippen LogP contribution < -0.4 is 14.5 Å². The van der Waals surface area contributed by atoms with Crippen LogP contribution >= 0.6 is 0 Å². The monoisotopic (exact) mass is 346 g/mol. The van der Waals surface area contributed by atoms with E-state index in [1.54, 1.807) is 16.9 Å². The molecule has 0 radical (unpaired) electrons. The van der Waals surface area contributed by atoms with Gasteiger partial charge in [-0.25, -0.2) is 4.68 Å². The number of aromatic nitrogens is 4. The number of tetrazole rings is 1. The maximum Gasteiger partial charge on any atom is 0.214 e. The van der Waals surface area contributed by atoms with Gasteiger partial charge in [-0.05, 0) is 55.5 Å². The van der Waals surface area contributed by atoms with Crippen molar-refractivity contribution in [3.63, 3.8) is 0 Å². The average Bonchev–Trinajstić information content (AvgIpc) is 3.13. The van der Waals surface area contributed by atoms with E-state index in [1.165, 1.54) is 25.2 Å². The van der Waals surface area contributed by atoms with Crippen molar-refractivity contribution in [2.75, 3.05) is 39.8 Å². The van der Waals surface area contributed by atoms with Gasteiger partial charge in [0.05, 0.1) is 19.7 Å². The topological polar surface area (TPSA) is 61.7 Å². The van der Waals surface area contributed by atoms with E-state index >= 15 is 0 Å². The summed E-state index contributed by atoms with van der Waals surface area (Å²) in [6, 6.07) is 8.75. The van der Waals surface area contributed by atoms with Gasteiger partial charge in [-0.3, -0.25) is 0 Å². The number of quaternary nitrogens is 2. The summed E-state index contributed by atoms with van der Waals surface area (Å²) in [5.74, 6) is 1.83. The van der Waals surface area contributed by atoms with Crippen molar-refractivity contribution in [2.24, 2.45) is 0 Å². The van der Waals surface area contributed by atoms with E-state index in [-0.39, 0.29) is 12.1 Å². The Balaban J connectivity index is 1.94. The molecule has 0 amide bonds. The van der Waals surface area contributed by atoms with Crippen molar-refractivity contribution in [1.82, 2.24) is 20.2 Å². The highest BCUT2D eigenvalue weighted by atomic mass is 16.5. The number of benzene rings is 1. The fourth-order valence-corrected chi connectivity index (χ4v) is 3.69. The number of rotatable bonds is 6. The fraction of sp³-hybridized carbons (Fsp3) is 0.611. The van der Waals surface area contributed by atoms with E-state index in [2.05, 4.69) is 48.4 Å². The summed E-state index contributed by atoms with van der Waals surface area (Å²) < 4.78 is 7.28. The van der Waals surface area contributed by atoms with Crippen LogP contribution in [0.1, 0.15) is 44.2 Å². The van der Waals surface area contributed by atoms with E-state index in [0.29, 0.717) is 0 Å². The molecular weight excluding hydrogens is 316 g/mol. The second kappa shape index (κ2) is 7.93. The van der Waals surface area contributed by atoms with Gasteiger partial charge >= 0.3 is 0 Å². The molecule has 136 valence electrons. The lowest BCUT2D eigenvalue weighted by Gasteiger charge is -2.34. The van der Waals surface area contributed by atoms with Crippen LogP contribution in [0.25, 0.3) is 0 Å². The molecule has 1 fully saturated rings. The van der Waals surface area contributed by atoms with Crippen LogP contribution in [0.3, 0.4) is 0 Å². The zero-order valence-electron chi connectivity index (χ0n) is 15.7. The number of nitrogens with one attached hydrogen (secondary N) is 2. The van der Waals surface area contributed by atoms with Crippen molar-refractivity contribution in [2.45, 2.75) is 32.9 Å². The van der Waals surface area contributed by atoms with Crippen LogP contribution in [-0.4, -0.2) is 60.0 Å². The molecule has 1 aromatic carbocycles. The first kappa shape index (κ1) is 17.8. The Hall–Kier alpha value is -1.99. The molecule has 0 saturated carbocycles. The highest BCUT2D eigenvalue weighted by Crippen LogP contribution is 2.21. The number of likely N-dealkylation sites (N-methyl/N-ethyl adjacent to an activating group) is 1. The van der Waals surface area contributed by atoms with Gasteiger partial charge in [-0.15, -0.1) is 5.10 Å². The Kier molecular flexibility index (Phi) is 5.65. The van der Waals surface area contributed by atoms with Crippen molar-refractivity contribution in [3.05, 3.63) is 35.7 Å². The minimum atomic E-state index is 0.154. The van der Waals surface area contributed by atoms with Gasteiger partial charge in [0.25, 0.3) is 0 Å². The lowest BCUT2D eigenvalue weighted by Crippen LogP contribution is -3.28. The molecule has 1 aliphatic heterocycles. The third kappa shape index (κ3) is 3.82. The summed E-state index contributed by atoms with van der Waals surface area (Å²) in [4.78, 5) is 3.22. The van der Waals surface area contributed by atoms with E-state index in [1.807, 2.05) is 16.8 Å². The minimum absolute atomic E-state index is 0.154. The average molecular weight is 346 g/mol. The fourth-order valence-electron chi connectivity index (χ4n) is 3.69. The van der Waals surface area contributed by atoms with Crippen LogP contribution in [0.15, 0.2) is 24.3 Å². The summed E-state index contributed by atoms with van der Waals surface area (Å²) in [5.41, 5.74) is 1.24. The van der Waals surface area contributed by atoms with Gasteiger partial charge in [0.2, 0.25) is 5.82 Å². The van der Waals surface area contributed by atoms with E-state index < -0.39 is 0 Å². The summed E-state index contributed by atoms with van der Waals surface area (Å²) in [6.07, 6.45) is 0. The second-order valence-electron chi connectivity index (χ2n) is 7.04. The molecule has 2 heterocycles. The highest BCUT2D eigenvalue weighted by molar-refractivity contribution is 5.30. The third-order valence-corrected chi connectivity index (χ3v) is 5.22. The van der Waals surface area contributed by atoms with Crippen molar-refractivity contribution in [3.8, 4) is 5.75 Å². The molecular formula is C18H30N6O+2. The van der Waals surface area contributed by atoms with Crippen molar-refractivity contribution < 1.29 is 14.5 Å². The van der Waals surface area contributed by atoms with Gasteiger partial charge < -0.3 is 14.5 Å². The van der Waals surface area contributed by atoms with Crippen LogP contribution in [-0.2, 0) is 0 Å². The standard InChI is InChI=1S/C18H28N6O/c1-5-22-10-12-23(13-11-22)17(15-6-8-16(25-4)9-7-15)18-19-20-21-24(18)14(2)3/h6-9,14,17H,5,10-13H2,1-4H3/p+2/t17-/m0/s1. The van der Waals surface area contributed by atoms with Crippen LogP contribution in [0.5, 0.6) is 5.75 Å². The Morgan fingerprint density at radius 1 is 1.12 bits per heavy atom. The minimum Gasteiger partial charge on any atom is -0.497 e. The molecule has 2 N–H and O–H groups in total. The maximum atomic E-state index is 5.32. The number of ether oxygens (including phenoxy) is 1. The number of methoxy groups -OCH3 is 1. The van der Waals surface area contributed by atoms with E-state index in [0.717, 1.165) is 24.7 Å². The SMILES string of the molecule is CC[NH+]1CC[NH+]([C@@H](c2ccc(OC)cc2)c2nnnn2C(C)C)CC1. The molecule has 3 rings (SSSR count). The molecule has 0 unspecified atom stereocenters. The van der Waals surface area contributed by atoms with Gasteiger partial charge in [0.15, 0.2) is 6.04 Å². The van der Waals surface area contributed by atoms with E-state index in [4.69, 9.17) is 4.74 Å². The summed E-state index contributed by atoms with van der Waals surface area (Å²) in [5, 5.41) is 12.6. The van der Waals surface area contributed by atoms with Crippen LogP contribution in [0, 0.1) is 0 Å². The van der Waals surface area contributed by atoms with Crippen LogP contribution in [0.2, 0.25) is 0 Å². The normalized spacial score (nSPS) is 22.1. The molecule has 0 bridgehead atoms. The Bertz CT molecular complexity index is 660. The first-order chi connectivity index (χ1) is 12.1. The molecule has 2 aromatic rings. The van der Waals surface area contributed by atoms with Gasteiger partial charge in [-0.2, -0.15) is 0 Å². The quantitative estimate of drug-likeness (QED) is 0.716. The highest BCUT2D eigenvalue weighted by Gasteiger charge is 2.35. The summed E-state index contributed by atoms with van der Waals surface area (Å²) >= 11 is 0. The first-order valence-corrected chi connectivity index (χ1v) is 9.23. The zero-order valence-corrected chi connectivity index (χ0v) is 15.7. The Morgan fingerprint density at radius 2 is 1.80 bits per heavy atom. The second-order valence-corrected chi connectivity index (χ2v) is 7.04. The van der Waals surface area contributed by atoms with Gasteiger partial charge in [0.1, 0.15) is 31.9 Å². The largest absolute Gasteiger partial charge is 0.497 e. The molecule has 0 spiro atoms. The molecule has 7 nitrogen and oxygen atoms in total. The molecule has 0 aliphatic carbocycles. The Labute approximate surface area is 149 Å². The Morgan fingerprint density at radius 3 is 2.36 bits per heavy atom. The molecule has 25 heavy (non-hydrogen) atoms. The third-order valence-electron chi connectivity index (χ3n) is 5.22. The van der Waals surface area contributed by atoms with Crippen LogP contribution in [0.4, 0.5) is 0 Å². The lowest BCUT2D eigenvalue weighted by molar-refractivity contribution is -1.02. The van der Waals surface area contributed by atoms with Gasteiger partial charge in [0, 0.05) is 5.56 Å². The van der Waals surface area contributed by atoms with Crippen molar-refractivity contribution in [1.29, 1.82) is 0 Å². The molecule has 1 atom stereocenters. The number of hydrogen-bond donors (Lipinski definition) is 2. The first-order valence-electron chi connectivity index (χ1n) is 9.23. The molecule has 1 saturated heterocycles. The smallest absolute Gasteiger partial charge is 0.214 e. The number of nitrogens with zero attached hydrogens (tertiary/aromatic N) is 4. The predicted molar refractivity (Wildman–Crippen MR) is 95.0 cm³/mol. The maximum absolute atomic E-state index is 5.32. The molecule has 1 aromatic heterocycles. The predicted octanol–water partition coefficient (Wildman–Crippen LogP) is -0.845. The number of hydrogen-bond acceptors (Lipinski definition) is 4. The lowest BCUT2D eigenvalue weighted by atomic mass is 10.0. The van der Waals surface area contributed by atoms with E-state index in [9.17, 15) is 0 Å². The van der Waals surface area contributed by atoms with Gasteiger partial charge in [-0.1, -0.05) is 0 Å². The number of piperazine rings is 1. The summed E-state index contributed by atoms with van der Waals surface area (Å²) in [7, 11) is 1.70. The molecule has 7 heteroatoms. The molecule has 1 aliphatic rings. The van der Waals surface area contributed by atoms with Crippen molar-refractivity contribution >= 4 is 0 Å². The zero-order chi connectivity index (χ0) is 17.8. The summed E-state index contributed by atoms with van der Waals surface area (Å²) in [6.45, 7) is 12.4.